The second-order valence-electron chi connectivity index (χ2n) is 3.18. The molecule has 1 atom stereocenters. The zero-order valence-electron chi connectivity index (χ0n) is 8.13. The maximum atomic E-state index is 12.7. The third-order valence-corrected chi connectivity index (χ3v) is 2.63. The number of halogens is 2. The van der Waals surface area contributed by atoms with E-state index in [0.29, 0.717) is 9.13 Å². The smallest absolute Gasteiger partial charge is 0.252 e. The number of nitrogens with one attached hydrogen (secondary N) is 1. The van der Waals surface area contributed by atoms with Crippen molar-refractivity contribution in [3.05, 3.63) is 33.1 Å². The van der Waals surface area contributed by atoms with Crippen molar-refractivity contribution in [3.8, 4) is 0 Å². The van der Waals surface area contributed by atoms with E-state index in [1.165, 1.54) is 18.2 Å². The highest BCUT2D eigenvalue weighted by atomic mass is 127. The van der Waals surface area contributed by atoms with Crippen molar-refractivity contribution in [2.24, 2.45) is 0 Å². The lowest BCUT2D eigenvalue weighted by molar-refractivity contribution is 0.0923. The quantitative estimate of drug-likeness (QED) is 0.829. The molecule has 0 aliphatic rings. The third kappa shape index (κ3) is 3.75. The minimum Gasteiger partial charge on any atom is -0.392 e. The lowest BCUT2D eigenvalue weighted by atomic mass is 10.2. The first-order valence-electron chi connectivity index (χ1n) is 4.42. The molecule has 1 unspecified atom stereocenters. The van der Waals surface area contributed by atoms with Crippen LogP contribution < -0.4 is 5.32 Å². The Bertz CT molecular complexity index is 368. The molecule has 82 valence electrons. The van der Waals surface area contributed by atoms with Crippen LogP contribution in [0.2, 0.25) is 0 Å². The van der Waals surface area contributed by atoms with Crippen LogP contribution in [0.15, 0.2) is 18.2 Å². The van der Waals surface area contributed by atoms with Crippen molar-refractivity contribution in [1.82, 2.24) is 5.32 Å². The molecule has 0 aromatic heterocycles. The maximum Gasteiger partial charge on any atom is 0.252 e. The summed E-state index contributed by atoms with van der Waals surface area (Å²) in [5.41, 5.74) is 0.414. The normalized spacial score (nSPS) is 12.3. The van der Waals surface area contributed by atoms with Crippen LogP contribution in [0.25, 0.3) is 0 Å². The largest absolute Gasteiger partial charge is 0.392 e. The van der Waals surface area contributed by atoms with Gasteiger partial charge in [0, 0.05) is 10.1 Å². The second-order valence-corrected chi connectivity index (χ2v) is 4.35. The van der Waals surface area contributed by atoms with Gasteiger partial charge in [-0.1, -0.05) is 0 Å². The van der Waals surface area contributed by atoms with E-state index < -0.39 is 6.10 Å². The monoisotopic (exact) mass is 323 g/mol. The van der Waals surface area contributed by atoms with E-state index in [4.69, 9.17) is 5.11 Å². The Balaban J connectivity index is 2.74. The molecular weight excluding hydrogens is 312 g/mol. The van der Waals surface area contributed by atoms with Gasteiger partial charge in [-0.2, -0.15) is 0 Å². The summed E-state index contributed by atoms with van der Waals surface area (Å²) >= 11 is 1.89. The van der Waals surface area contributed by atoms with Gasteiger partial charge < -0.3 is 10.4 Å². The van der Waals surface area contributed by atoms with Crippen LogP contribution in [0.3, 0.4) is 0 Å². The molecule has 0 aliphatic heterocycles. The fourth-order valence-electron chi connectivity index (χ4n) is 1.01. The molecule has 1 aromatic carbocycles. The highest BCUT2D eigenvalue weighted by molar-refractivity contribution is 14.1. The van der Waals surface area contributed by atoms with Gasteiger partial charge in [0.1, 0.15) is 5.82 Å². The number of aliphatic hydroxyl groups is 1. The molecule has 0 heterocycles. The minimum absolute atomic E-state index is 0.187. The van der Waals surface area contributed by atoms with Gasteiger partial charge in [-0.3, -0.25) is 4.79 Å². The molecule has 0 saturated heterocycles. The van der Waals surface area contributed by atoms with Crippen LogP contribution in [-0.4, -0.2) is 23.7 Å². The van der Waals surface area contributed by atoms with Gasteiger partial charge in [0.25, 0.3) is 5.91 Å². The van der Waals surface area contributed by atoms with Gasteiger partial charge in [0.15, 0.2) is 0 Å². The molecule has 2 N–H and O–H groups in total. The van der Waals surface area contributed by atoms with Crippen LogP contribution >= 0.6 is 22.6 Å². The molecule has 5 heteroatoms. The van der Waals surface area contributed by atoms with E-state index in [-0.39, 0.29) is 18.3 Å². The SMILES string of the molecule is CC(O)CNC(=O)c1ccc(F)cc1I. The van der Waals surface area contributed by atoms with E-state index >= 15 is 0 Å². The van der Waals surface area contributed by atoms with E-state index in [2.05, 4.69) is 5.32 Å². The number of carbonyl (C=O) groups excluding carboxylic acids is 1. The van der Waals surface area contributed by atoms with Crippen molar-refractivity contribution >= 4 is 28.5 Å². The van der Waals surface area contributed by atoms with Crippen LogP contribution in [0.5, 0.6) is 0 Å². The van der Waals surface area contributed by atoms with Crippen molar-refractivity contribution in [2.75, 3.05) is 6.54 Å². The zero-order chi connectivity index (χ0) is 11.4. The summed E-state index contributed by atoms with van der Waals surface area (Å²) in [6.07, 6.45) is -0.591. The summed E-state index contributed by atoms with van der Waals surface area (Å²) in [7, 11) is 0. The third-order valence-electron chi connectivity index (χ3n) is 1.73. The van der Waals surface area contributed by atoms with Gasteiger partial charge in [0.2, 0.25) is 0 Å². The van der Waals surface area contributed by atoms with Gasteiger partial charge in [-0.05, 0) is 47.7 Å². The maximum absolute atomic E-state index is 12.7. The lowest BCUT2D eigenvalue weighted by Gasteiger charge is -2.08. The van der Waals surface area contributed by atoms with Crippen molar-refractivity contribution < 1.29 is 14.3 Å². The fourth-order valence-corrected chi connectivity index (χ4v) is 1.73. The summed E-state index contributed by atoms with van der Waals surface area (Å²) in [5, 5.41) is 11.5. The summed E-state index contributed by atoms with van der Waals surface area (Å²) < 4.78 is 13.3. The Labute approximate surface area is 101 Å². The Morgan fingerprint density at radius 3 is 2.87 bits per heavy atom. The molecule has 1 amide bonds. The summed E-state index contributed by atoms with van der Waals surface area (Å²) in [6, 6.07) is 3.95. The number of rotatable bonds is 3. The Hall–Kier alpha value is -0.690. The minimum atomic E-state index is -0.591. The number of hydrogen-bond donors (Lipinski definition) is 2. The fraction of sp³-hybridized carbons (Fsp3) is 0.300. The van der Waals surface area contributed by atoms with Gasteiger partial charge >= 0.3 is 0 Å². The number of aliphatic hydroxyl groups excluding tert-OH is 1. The van der Waals surface area contributed by atoms with Gasteiger partial charge in [-0.25, -0.2) is 4.39 Å². The predicted octanol–water partition coefficient (Wildman–Crippen LogP) is 1.54. The molecule has 0 aliphatic carbocycles. The van der Waals surface area contributed by atoms with Crippen LogP contribution in [0.1, 0.15) is 17.3 Å². The van der Waals surface area contributed by atoms with E-state index in [1.807, 2.05) is 22.6 Å². The average molecular weight is 323 g/mol. The molecule has 15 heavy (non-hydrogen) atoms. The van der Waals surface area contributed by atoms with E-state index in [0.717, 1.165) is 0 Å². The van der Waals surface area contributed by atoms with Crippen LogP contribution in [0, 0.1) is 9.39 Å². The first-order valence-corrected chi connectivity index (χ1v) is 5.50. The molecule has 0 spiro atoms. The Kier molecular flexibility index (Phi) is 4.46. The summed E-state index contributed by atoms with van der Waals surface area (Å²) in [6.45, 7) is 1.77. The Morgan fingerprint density at radius 1 is 1.67 bits per heavy atom. The summed E-state index contributed by atoms with van der Waals surface area (Å²) in [5.74, 6) is -0.674. The zero-order valence-corrected chi connectivity index (χ0v) is 10.3. The molecule has 0 bridgehead atoms. The summed E-state index contributed by atoms with van der Waals surface area (Å²) in [4.78, 5) is 11.5. The lowest BCUT2D eigenvalue weighted by Crippen LogP contribution is -2.31. The van der Waals surface area contributed by atoms with Crippen molar-refractivity contribution in [2.45, 2.75) is 13.0 Å². The first kappa shape index (κ1) is 12.4. The standard InChI is InChI=1S/C10H11FINO2/c1-6(14)5-13-10(15)8-3-2-7(11)4-9(8)12/h2-4,6,14H,5H2,1H3,(H,13,15). The molecule has 0 radical (unpaired) electrons. The number of amides is 1. The van der Waals surface area contributed by atoms with Crippen LogP contribution in [-0.2, 0) is 0 Å². The molecule has 0 fully saturated rings. The van der Waals surface area contributed by atoms with Gasteiger partial charge in [-0.15, -0.1) is 0 Å². The highest BCUT2D eigenvalue weighted by Gasteiger charge is 2.10. The molecule has 3 nitrogen and oxygen atoms in total. The highest BCUT2D eigenvalue weighted by Crippen LogP contribution is 2.13. The number of carbonyl (C=O) groups is 1. The number of hydrogen-bond acceptors (Lipinski definition) is 2. The number of benzene rings is 1. The van der Waals surface area contributed by atoms with Crippen LogP contribution in [0.4, 0.5) is 4.39 Å². The molecular formula is C10H11FINO2. The van der Waals surface area contributed by atoms with E-state index in [9.17, 15) is 9.18 Å². The molecule has 1 aromatic rings. The second kappa shape index (κ2) is 5.41. The topological polar surface area (TPSA) is 49.3 Å². The van der Waals surface area contributed by atoms with E-state index in [1.54, 1.807) is 6.92 Å². The first-order chi connectivity index (χ1) is 7.00. The van der Waals surface area contributed by atoms with Gasteiger partial charge in [0.05, 0.1) is 11.7 Å². The Morgan fingerprint density at radius 2 is 2.33 bits per heavy atom. The van der Waals surface area contributed by atoms with Crippen molar-refractivity contribution in [1.29, 1.82) is 0 Å². The molecule has 0 saturated carbocycles. The van der Waals surface area contributed by atoms with Crippen molar-refractivity contribution in [3.63, 3.8) is 0 Å². The predicted molar refractivity (Wildman–Crippen MR) is 63.1 cm³/mol. The molecule has 1 rings (SSSR count). The average Bonchev–Trinajstić information content (AvgIpc) is 2.14.